The summed E-state index contributed by atoms with van der Waals surface area (Å²) in [6.45, 7) is 0. The molecule has 3 aromatic rings. The van der Waals surface area contributed by atoms with Gasteiger partial charge in [0.05, 0.1) is 11.3 Å². The monoisotopic (exact) mass is 254 g/mol. The standard InChI is InChI=1S/C12H10N6O/c1-17-6-10(7-19)12(14-17)9-3-2-4-11(5-9)18-8-13-15-16-18/h2-8H,1H3. The summed E-state index contributed by atoms with van der Waals surface area (Å²) in [5, 5.41) is 15.3. The Balaban J connectivity index is 2.11. The first-order chi connectivity index (χ1) is 9.28. The molecule has 0 bridgehead atoms. The molecule has 7 nitrogen and oxygen atoms in total. The van der Waals surface area contributed by atoms with E-state index in [1.165, 1.54) is 6.33 Å². The molecule has 19 heavy (non-hydrogen) atoms. The maximum absolute atomic E-state index is 11.0. The van der Waals surface area contributed by atoms with Gasteiger partial charge >= 0.3 is 0 Å². The summed E-state index contributed by atoms with van der Waals surface area (Å²) in [5.74, 6) is 0. The van der Waals surface area contributed by atoms with E-state index in [0.717, 1.165) is 17.5 Å². The molecule has 0 amide bonds. The second-order valence-electron chi connectivity index (χ2n) is 4.03. The molecule has 0 fully saturated rings. The minimum Gasteiger partial charge on any atom is -0.298 e. The molecule has 0 unspecified atom stereocenters. The Bertz CT molecular complexity index is 716. The van der Waals surface area contributed by atoms with Crippen molar-refractivity contribution < 1.29 is 4.79 Å². The van der Waals surface area contributed by atoms with Gasteiger partial charge in [-0.05, 0) is 22.6 Å². The summed E-state index contributed by atoms with van der Waals surface area (Å²) in [5.41, 5.74) is 2.85. The minimum absolute atomic E-state index is 0.552. The van der Waals surface area contributed by atoms with E-state index in [1.807, 2.05) is 24.3 Å². The Hall–Kier alpha value is -2.83. The van der Waals surface area contributed by atoms with Gasteiger partial charge in [-0.25, -0.2) is 4.68 Å². The molecule has 0 aliphatic carbocycles. The molecule has 0 spiro atoms. The Labute approximate surface area is 108 Å². The second kappa shape index (κ2) is 4.45. The first-order valence-electron chi connectivity index (χ1n) is 5.60. The summed E-state index contributed by atoms with van der Waals surface area (Å²) in [7, 11) is 1.78. The maximum Gasteiger partial charge on any atom is 0.153 e. The van der Waals surface area contributed by atoms with Crippen LogP contribution in [0.1, 0.15) is 10.4 Å². The smallest absolute Gasteiger partial charge is 0.153 e. The van der Waals surface area contributed by atoms with Crippen molar-refractivity contribution in [2.24, 2.45) is 7.05 Å². The third-order valence-corrected chi connectivity index (χ3v) is 2.72. The lowest BCUT2D eigenvalue weighted by atomic mass is 10.1. The highest BCUT2D eigenvalue weighted by Gasteiger charge is 2.10. The van der Waals surface area contributed by atoms with Gasteiger partial charge in [0.15, 0.2) is 6.29 Å². The fourth-order valence-corrected chi connectivity index (χ4v) is 1.89. The number of benzene rings is 1. The number of carbonyl (C=O) groups is 1. The summed E-state index contributed by atoms with van der Waals surface area (Å²) in [6, 6.07) is 7.52. The number of aryl methyl sites for hydroxylation is 1. The average Bonchev–Trinajstić information content (AvgIpc) is 3.07. The van der Waals surface area contributed by atoms with Crippen molar-refractivity contribution in [3.05, 3.63) is 42.4 Å². The third-order valence-electron chi connectivity index (χ3n) is 2.72. The van der Waals surface area contributed by atoms with Gasteiger partial charge in [-0.15, -0.1) is 5.10 Å². The van der Waals surface area contributed by atoms with Gasteiger partial charge in [-0.1, -0.05) is 12.1 Å². The summed E-state index contributed by atoms with van der Waals surface area (Å²) in [6.07, 6.45) is 4.00. The molecule has 2 aromatic heterocycles. The summed E-state index contributed by atoms with van der Waals surface area (Å²) in [4.78, 5) is 11.0. The molecule has 1 aromatic carbocycles. The van der Waals surface area contributed by atoms with Crippen LogP contribution in [0.5, 0.6) is 0 Å². The van der Waals surface area contributed by atoms with E-state index in [0.29, 0.717) is 11.3 Å². The SMILES string of the molecule is Cn1cc(C=O)c(-c2cccc(-n3cnnn3)c2)n1. The molecule has 0 N–H and O–H groups in total. The van der Waals surface area contributed by atoms with Crippen LogP contribution in [-0.2, 0) is 7.05 Å². The molecule has 0 radical (unpaired) electrons. The van der Waals surface area contributed by atoms with E-state index in [9.17, 15) is 4.79 Å². The van der Waals surface area contributed by atoms with Gasteiger partial charge < -0.3 is 0 Å². The van der Waals surface area contributed by atoms with E-state index >= 15 is 0 Å². The number of nitrogens with zero attached hydrogens (tertiary/aromatic N) is 6. The fourth-order valence-electron chi connectivity index (χ4n) is 1.89. The van der Waals surface area contributed by atoms with Crippen molar-refractivity contribution in [1.82, 2.24) is 30.0 Å². The largest absolute Gasteiger partial charge is 0.298 e. The van der Waals surface area contributed by atoms with Crippen LogP contribution in [0.3, 0.4) is 0 Å². The normalized spacial score (nSPS) is 10.6. The predicted octanol–water partition coefficient (Wildman–Crippen LogP) is 0.875. The van der Waals surface area contributed by atoms with Gasteiger partial charge in [0.1, 0.15) is 12.0 Å². The van der Waals surface area contributed by atoms with Crippen molar-refractivity contribution in [1.29, 1.82) is 0 Å². The minimum atomic E-state index is 0.552. The highest BCUT2D eigenvalue weighted by molar-refractivity contribution is 5.85. The van der Waals surface area contributed by atoms with E-state index < -0.39 is 0 Å². The van der Waals surface area contributed by atoms with E-state index in [4.69, 9.17) is 0 Å². The zero-order chi connectivity index (χ0) is 13.2. The van der Waals surface area contributed by atoms with Crippen molar-refractivity contribution in [3.8, 4) is 16.9 Å². The summed E-state index contributed by atoms with van der Waals surface area (Å²) >= 11 is 0. The zero-order valence-electron chi connectivity index (χ0n) is 10.1. The number of rotatable bonds is 3. The quantitative estimate of drug-likeness (QED) is 0.648. The number of hydrogen-bond donors (Lipinski definition) is 0. The molecule has 0 aliphatic rings. The zero-order valence-corrected chi connectivity index (χ0v) is 10.1. The molecule has 0 aliphatic heterocycles. The molecule has 0 atom stereocenters. The van der Waals surface area contributed by atoms with Crippen molar-refractivity contribution in [2.75, 3.05) is 0 Å². The van der Waals surface area contributed by atoms with E-state index in [-0.39, 0.29) is 0 Å². The lowest BCUT2D eigenvalue weighted by Crippen LogP contribution is -1.96. The lowest BCUT2D eigenvalue weighted by Gasteiger charge is -2.02. The highest BCUT2D eigenvalue weighted by Crippen LogP contribution is 2.22. The van der Waals surface area contributed by atoms with Crippen LogP contribution in [0.15, 0.2) is 36.8 Å². The Morgan fingerprint density at radius 1 is 1.32 bits per heavy atom. The van der Waals surface area contributed by atoms with Crippen LogP contribution in [0.2, 0.25) is 0 Å². The Morgan fingerprint density at radius 2 is 2.21 bits per heavy atom. The Kier molecular flexibility index (Phi) is 2.64. The topological polar surface area (TPSA) is 78.5 Å². The molecule has 0 saturated heterocycles. The second-order valence-corrected chi connectivity index (χ2v) is 4.03. The van der Waals surface area contributed by atoms with Gasteiger partial charge in [-0.3, -0.25) is 9.48 Å². The van der Waals surface area contributed by atoms with Crippen LogP contribution < -0.4 is 0 Å². The molecule has 94 valence electrons. The highest BCUT2D eigenvalue weighted by atomic mass is 16.1. The van der Waals surface area contributed by atoms with Crippen molar-refractivity contribution in [2.45, 2.75) is 0 Å². The molecule has 2 heterocycles. The molecular formula is C12H10N6O. The first-order valence-corrected chi connectivity index (χ1v) is 5.60. The van der Waals surface area contributed by atoms with Crippen molar-refractivity contribution in [3.63, 3.8) is 0 Å². The summed E-state index contributed by atoms with van der Waals surface area (Å²) < 4.78 is 3.16. The molecule has 3 rings (SSSR count). The van der Waals surface area contributed by atoms with E-state index in [2.05, 4.69) is 20.6 Å². The number of aldehydes is 1. The van der Waals surface area contributed by atoms with Gasteiger partial charge in [-0.2, -0.15) is 5.10 Å². The van der Waals surface area contributed by atoms with Crippen LogP contribution in [0.4, 0.5) is 0 Å². The maximum atomic E-state index is 11.0. The number of tetrazole rings is 1. The van der Waals surface area contributed by atoms with Crippen molar-refractivity contribution >= 4 is 6.29 Å². The van der Waals surface area contributed by atoms with Gasteiger partial charge in [0.25, 0.3) is 0 Å². The number of aromatic nitrogens is 6. The lowest BCUT2D eigenvalue weighted by molar-refractivity contribution is 0.112. The molecule has 0 saturated carbocycles. The van der Waals surface area contributed by atoms with Gasteiger partial charge in [0, 0.05) is 18.8 Å². The fraction of sp³-hybridized carbons (Fsp3) is 0.0833. The third kappa shape index (κ3) is 2.01. The average molecular weight is 254 g/mol. The van der Waals surface area contributed by atoms with E-state index in [1.54, 1.807) is 22.6 Å². The Morgan fingerprint density at radius 3 is 2.95 bits per heavy atom. The number of hydrogen-bond acceptors (Lipinski definition) is 5. The van der Waals surface area contributed by atoms with Gasteiger partial charge in [0.2, 0.25) is 0 Å². The van der Waals surface area contributed by atoms with Crippen LogP contribution in [-0.4, -0.2) is 36.3 Å². The number of carbonyl (C=O) groups excluding carboxylic acids is 1. The predicted molar refractivity (Wildman–Crippen MR) is 66.7 cm³/mol. The van der Waals surface area contributed by atoms with Crippen LogP contribution >= 0.6 is 0 Å². The molecular weight excluding hydrogens is 244 g/mol. The van der Waals surface area contributed by atoms with Crippen LogP contribution in [0.25, 0.3) is 16.9 Å². The first kappa shape index (κ1) is 11.3. The van der Waals surface area contributed by atoms with Crippen LogP contribution in [0, 0.1) is 0 Å². The molecule has 7 heteroatoms.